The normalized spacial score (nSPS) is 24.4. The zero-order valence-electron chi connectivity index (χ0n) is 21.6. The van der Waals surface area contributed by atoms with E-state index in [2.05, 4.69) is 34.1 Å². The summed E-state index contributed by atoms with van der Waals surface area (Å²) >= 11 is 0. The molecule has 4 heterocycles. The minimum Gasteiger partial charge on any atom is -0.348 e. The average molecular weight is 540 g/mol. The summed E-state index contributed by atoms with van der Waals surface area (Å²) in [5.74, 6) is 0.141. The fourth-order valence-electron chi connectivity index (χ4n) is 6.20. The number of aromatic nitrogens is 2. The standard InChI is InChI=1S/C26H38N6O2.2ClH/c1-18(2)32-24-7-5-4-6-23(24)25(28-32)26(34)27-20-16-21-8-9-22(17-20)31(21)15-12-29-10-13-30(14-11-29)19(3)33;;/h4-7,18,20-22H,8-17H2,1-3H3,(H,27,34);2*1H/t20-,21-,22+;;. The molecule has 0 radical (unpaired) electrons. The van der Waals surface area contributed by atoms with Crippen molar-refractivity contribution in [1.29, 1.82) is 0 Å². The van der Waals surface area contributed by atoms with Crippen molar-refractivity contribution in [3.05, 3.63) is 30.0 Å². The average Bonchev–Trinajstić information content (AvgIpc) is 3.33. The maximum atomic E-state index is 13.2. The van der Waals surface area contributed by atoms with Gasteiger partial charge < -0.3 is 10.2 Å². The first-order valence-electron chi connectivity index (χ1n) is 12.9. The van der Waals surface area contributed by atoms with Gasteiger partial charge >= 0.3 is 0 Å². The second kappa shape index (κ2) is 12.1. The van der Waals surface area contributed by atoms with Crippen LogP contribution in [-0.2, 0) is 4.79 Å². The highest BCUT2D eigenvalue weighted by atomic mass is 35.5. The Labute approximate surface area is 226 Å². The van der Waals surface area contributed by atoms with E-state index in [9.17, 15) is 9.59 Å². The monoisotopic (exact) mass is 538 g/mol. The summed E-state index contributed by atoms with van der Waals surface area (Å²) in [6, 6.07) is 9.53. The quantitative estimate of drug-likeness (QED) is 0.610. The zero-order chi connectivity index (χ0) is 23.8. The van der Waals surface area contributed by atoms with Crippen molar-refractivity contribution in [2.24, 2.45) is 0 Å². The Morgan fingerprint density at radius 2 is 1.64 bits per heavy atom. The van der Waals surface area contributed by atoms with Crippen molar-refractivity contribution in [3.63, 3.8) is 0 Å². The molecule has 3 atom stereocenters. The first kappa shape index (κ1) is 28.7. The zero-order valence-corrected chi connectivity index (χ0v) is 23.2. The van der Waals surface area contributed by atoms with Crippen molar-refractivity contribution in [2.45, 2.75) is 70.6 Å². The van der Waals surface area contributed by atoms with Crippen LogP contribution < -0.4 is 5.32 Å². The largest absolute Gasteiger partial charge is 0.348 e. The lowest BCUT2D eigenvalue weighted by atomic mass is 9.97. The van der Waals surface area contributed by atoms with Gasteiger partial charge in [-0.3, -0.25) is 24.1 Å². The number of carbonyl (C=O) groups excluding carboxylic acids is 2. The molecule has 0 spiro atoms. The Bertz CT molecular complexity index is 1040. The van der Waals surface area contributed by atoms with Crippen LogP contribution in [0, 0.1) is 0 Å². The molecule has 3 aliphatic rings. The molecule has 0 saturated carbocycles. The van der Waals surface area contributed by atoms with Gasteiger partial charge in [0.2, 0.25) is 5.91 Å². The van der Waals surface area contributed by atoms with Crippen LogP contribution in [-0.4, -0.2) is 93.7 Å². The number of amides is 2. The lowest BCUT2D eigenvalue weighted by Gasteiger charge is -2.41. The predicted octanol–water partition coefficient (Wildman–Crippen LogP) is 3.35. The Balaban J connectivity index is 0.00000180. The van der Waals surface area contributed by atoms with Crippen LogP contribution in [0.25, 0.3) is 10.9 Å². The molecule has 8 nitrogen and oxygen atoms in total. The summed E-state index contributed by atoms with van der Waals surface area (Å²) in [7, 11) is 0. The van der Waals surface area contributed by atoms with Gasteiger partial charge in [-0.1, -0.05) is 18.2 Å². The van der Waals surface area contributed by atoms with Gasteiger partial charge in [-0.05, 0) is 45.6 Å². The van der Waals surface area contributed by atoms with E-state index >= 15 is 0 Å². The van der Waals surface area contributed by atoms with Gasteiger partial charge in [0.05, 0.1) is 5.52 Å². The maximum Gasteiger partial charge on any atom is 0.272 e. The number of para-hydroxylation sites is 1. The van der Waals surface area contributed by atoms with Crippen LogP contribution in [0.15, 0.2) is 24.3 Å². The van der Waals surface area contributed by atoms with Gasteiger partial charge in [0, 0.05) is 75.7 Å². The summed E-state index contributed by atoms with van der Waals surface area (Å²) < 4.78 is 1.95. The van der Waals surface area contributed by atoms with Crippen molar-refractivity contribution in [3.8, 4) is 0 Å². The fourth-order valence-corrected chi connectivity index (χ4v) is 6.20. The first-order valence-corrected chi connectivity index (χ1v) is 12.9. The number of halogens is 2. The number of nitrogens with one attached hydrogen (secondary N) is 1. The van der Waals surface area contributed by atoms with Crippen LogP contribution >= 0.6 is 24.8 Å². The van der Waals surface area contributed by atoms with Gasteiger partial charge in [0.25, 0.3) is 5.91 Å². The second-order valence-electron chi connectivity index (χ2n) is 10.5. The second-order valence-corrected chi connectivity index (χ2v) is 10.5. The number of carbonyl (C=O) groups is 2. The summed E-state index contributed by atoms with van der Waals surface area (Å²) in [6.45, 7) is 11.6. The first-order chi connectivity index (χ1) is 16.4. The molecule has 3 fully saturated rings. The molecular weight excluding hydrogens is 499 g/mol. The summed E-state index contributed by atoms with van der Waals surface area (Å²) in [4.78, 5) is 31.9. The number of piperidine rings is 1. The van der Waals surface area contributed by atoms with Gasteiger partial charge in [-0.15, -0.1) is 24.8 Å². The maximum absolute atomic E-state index is 13.2. The number of rotatable bonds is 6. The molecule has 10 heteroatoms. The molecule has 0 unspecified atom stereocenters. The molecule has 2 amide bonds. The molecule has 3 saturated heterocycles. The molecule has 200 valence electrons. The highest BCUT2D eigenvalue weighted by molar-refractivity contribution is 6.05. The molecule has 5 rings (SSSR count). The number of piperazine rings is 1. The van der Waals surface area contributed by atoms with E-state index in [0.717, 1.165) is 63.0 Å². The van der Waals surface area contributed by atoms with E-state index in [4.69, 9.17) is 0 Å². The summed E-state index contributed by atoms with van der Waals surface area (Å²) in [5.41, 5.74) is 1.56. The Hall–Kier alpha value is -1.87. The summed E-state index contributed by atoms with van der Waals surface area (Å²) in [6.07, 6.45) is 4.48. The van der Waals surface area contributed by atoms with Gasteiger partial charge in [-0.2, -0.15) is 5.10 Å². The van der Waals surface area contributed by atoms with Crippen molar-refractivity contribution in [1.82, 2.24) is 29.8 Å². The Kier molecular flexibility index (Phi) is 9.66. The van der Waals surface area contributed by atoms with E-state index in [0.29, 0.717) is 17.8 Å². The molecule has 1 N–H and O–H groups in total. The molecule has 2 bridgehead atoms. The number of nitrogens with zero attached hydrogens (tertiary/aromatic N) is 5. The SMILES string of the molecule is CC(=O)N1CCN(CCN2[C@@H]3CC[C@H]2C[C@H](NC(=O)c2nn(C(C)C)c4ccccc24)C3)CC1.Cl.Cl. The van der Waals surface area contributed by atoms with Gasteiger partial charge in [-0.25, -0.2) is 0 Å². The molecule has 3 aliphatic heterocycles. The third kappa shape index (κ3) is 5.82. The Morgan fingerprint density at radius 1 is 1.00 bits per heavy atom. The van der Waals surface area contributed by atoms with Crippen molar-refractivity contribution >= 4 is 47.5 Å². The summed E-state index contributed by atoms with van der Waals surface area (Å²) in [5, 5.41) is 8.95. The minimum atomic E-state index is -0.0446. The Morgan fingerprint density at radius 3 is 2.25 bits per heavy atom. The molecule has 2 aromatic rings. The van der Waals surface area contributed by atoms with Crippen LogP contribution in [0.3, 0.4) is 0 Å². The number of benzene rings is 1. The number of hydrogen-bond donors (Lipinski definition) is 1. The van der Waals surface area contributed by atoms with E-state index in [1.54, 1.807) is 6.92 Å². The lowest BCUT2D eigenvalue weighted by molar-refractivity contribution is -0.130. The van der Waals surface area contributed by atoms with E-state index in [1.165, 1.54) is 12.8 Å². The van der Waals surface area contributed by atoms with E-state index in [-0.39, 0.29) is 48.7 Å². The highest BCUT2D eigenvalue weighted by Gasteiger charge is 2.41. The van der Waals surface area contributed by atoms with Gasteiger partial charge in [0.1, 0.15) is 0 Å². The molecule has 1 aromatic heterocycles. The smallest absolute Gasteiger partial charge is 0.272 e. The van der Waals surface area contributed by atoms with Crippen molar-refractivity contribution < 1.29 is 9.59 Å². The third-order valence-electron chi connectivity index (χ3n) is 8.03. The molecule has 0 aliphatic carbocycles. The van der Waals surface area contributed by atoms with Crippen LogP contribution in [0.2, 0.25) is 0 Å². The number of fused-ring (bicyclic) bond motifs is 3. The highest BCUT2D eigenvalue weighted by Crippen LogP contribution is 2.35. The van der Waals surface area contributed by atoms with Gasteiger partial charge in [0.15, 0.2) is 5.69 Å². The predicted molar refractivity (Wildman–Crippen MR) is 147 cm³/mol. The lowest BCUT2D eigenvalue weighted by Crippen LogP contribution is -2.54. The molecular formula is C26H40Cl2N6O2. The van der Waals surface area contributed by atoms with E-state index < -0.39 is 0 Å². The van der Waals surface area contributed by atoms with E-state index in [1.807, 2.05) is 33.8 Å². The van der Waals surface area contributed by atoms with Crippen LogP contribution in [0.1, 0.15) is 63.0 Å². The number of hydrogen-bond acceptors (Lipinski definition) is 5. The van der Waals surface area contributed by atoms with Crippen LogP contribution in [0.4, 0.5) is 0 Å². The molecule has 36 heavy (non-hydrogen) atoms. The van der Waals surface area contributed by atoms with Crippen LogP contribution in [0.5, 0.6) is 0 Å². The topological polar surface area (TPSA) is 73.7 Å². The molecule has 1 aromatic carbocycles. The fraction of sp³-hybridized carbons (Fsp3) is 0.654. The minimum absolute atomic E-state index is 0. The third-order valence-corrected chi connectivity index (χ3v) is 8.03. The van der Waals surface area contributed by atoms with Crippen molar-refractivity contribution in [2.75, 3.05) is 39.3 Å².